The maximum atomic E-state index is 6.02. The zero-order chi connectivity index (χ0) is 14.8. The van der Waals surface area contributed by atoms with Crippen molar-refractivity contribution in [1.29, 1.82) is 0 Å². The Kier molecular flexibility index (Phi) is 3.36. The molecule has 0 aliphatic rings. The Balaban J connectivity index is 2.09. The average molecular weight is 278 g/mol. The van der Waals surface area contributed by atoms with Crippen molar-refractivity contribution < 1.29 is 0 Å². The monoisotopic (exact) mass is 278 g/mol. The van der Waals surface area contributed by atoms with Gasteiger partial charge < -0.3 is 16.0 Å². The molecule has 106 valence electrons. The fourth-order valence-corrected chi connectivity index (χ4v) is 2.44. The molecule has 0 fully saturated rings. The van der Waals surface area contributed by atoms with Gasteiger partial charge in [-0.3, -0.25) is 4.98 Å². The third kappa shape index (κ3) is 2.48. The van der Waals surface area contributed by atoms with Crippen molar-refractivity contribution in [3.8, 4) is 0 Å². The molecule has 3 N–H and O–H groups in total. The van der Waals surface area contributed by atoms with E-state index in [2.05, 4.69) is 27.3 Å². The largest absolute Gasteiger partial charge is 0.398 e. The molecule has 1 aromatic heterocycles. The van der Waals surface area contributed by atoms with Crippen molar-refractivity contribution in [3.63, 3.8) is 0 Å². The van der Waals surface area contributed by atoms with Gasteiger partial charge in [-0.25, -0.2) is 0 Å². The molecule has 0 atom stereocenters. The number of nitrogen functional groups attached to an aromatic ring is 1. The minimum atomic E-state index is 0.740. The zero-order valence-electron chi connectivity index (χ0n) is 12.2. The standard InChI is InChI=1S/C17H18N4/c1-21(2)17-6-4-3-5-16(17)20-15-8-7-14(18)13-11-19-10-9-12(13)15/h3-11,20H,18H2,1-2H3. The predicted octanol–water partition coefficient (Wildman–Crippen LogP) is 3.63. The third-order valence-corrected chi connectivity index (χ3v) is 3.51. The second kappa shape index (κ2) is 5.32. The molecule has 3 aromatic rings. The van der Waals surface area contributed by atoms with Gasteiger partial charge in [0.05, 0.1) is 11.4 Å². The Morgan fingerprint density at radius 3 is 2.57 bits per heavy atom. The zero-order valence-corrected chi connectivity index (χ0v) is 12.2. The van der Waals surface area contributed by atoms with Crippen molar-refractivity contribution in [3.05, 3.63) is 54.9 Å². The minimum Gasteiger partial charge on any atom is -0.398 e. The number of benzene rings is 2. The lowest BCUT2D eigenvalue weighted by Gasteiger charge is -2.19. The van der Waals surface area contributed by atoms with Gasteiger partial charge in [0.2, 0.25) is 0 Å². The van der Waals surface area contributed by atoms with Crippen LogP contribution in [0.25, 0.3) is 10.8 Å². The van der Waals surface area contributed by atoms with Crippen LogP contribution < -0.4 is 16.0 Å². The molecule has 0 radical (unpaired) electrons. The molecule has 0 aliphatic heterocycles. The molecule has 0 unspecified atom stereocenters. The van der Waals surface area contributed by atoms with E-state index in [9.17, 15) is 0 Å². The number of rotatable bonds is 3. The SMILES string of the molecule is CN(C)c1ccccc1Nc1ccc(N)c2cnccc12. The van der Waals surface area contributed by atoms with Crippen molar-refractivity contribution in [2.75, 3.05) is 30.0 Å². The van der Waals surface area contributed by atoms with E-state index in [4.69, 9.17) is 5.73 Å². The second-order valence-corrected chi connectivity index (χ2v) is 5.16. The first kappa shape index (κ1) is 13.2. The number of aromatic nitrogens is 1. The van der Waals surface area contributed by atoms with Crippen LogP contribution in [0.1, 0.15) is 0 Å². The first-order valence-electron chi connectivity index (χ1n) is 6.82. The van der Waals surface area contributed by atoms with Gasteiger partial charge in [0, 0.05) is 48.6 Å². The number of hydrogen-bond donors (Lipinski definition) is 2. The summed E-state index contributed by atoms with van der Waals surface area (Å²) >= 11 is 0. The van der Waals surface area contributed by atoms with E-state index in [0.29, 0.717) is 0 Å². The van der Waals surface area contributed by atoms with Crippen LogP contribution in [0.4, 0.5) is 22.7 Å². The highest BCUT2D eigenvalue weighted by Crippen LogP contribution is 2.32. The lowest BCUT2D eigenvalue weighted by atomic mass is 10.1. The molecule has 0 amide bonds. The molecule has 1 heterocycles. The maximum Gasteiger partial charge on any atom is 0.0622 e. The lowest BCUT2D eigenvalue weighted by Crippen LogP contribution is -2.10. The van der Waals surface area contributed by atoms with Crippen molar-refractivity contribution >= 4 is 33.5 Å². The number of nitrogens with zero attached hydrogens (tertiary/aromatic N) is 2. The van der Waals surface area contributed by atoms with Crippen LogP contribution in [0.3, 0.4) is 0 Å². The molecule has 3 rings (SSSR count). The summed E-state index contributed by atoms with van der Waals surface area (Å²) in [6.45, 7) is 0. The molecule has 0 aliphatic carbocycles. The molecule has 21 heavy (non-hydrogen) atoms. The number of nitrogens with one attached hydrogen (secondary N) is 1. The van der Waals surface area contributed by atoms with E-state index in [1.54, 1.807) is 12.4 Å². The Morgan fingerprint density at radius 1 is 0.952 bits per heavy atom. The van der Waals surface area contributed by atoms with Crippen LogP contribution in [-0.4, -0.2) is 19.1 Å². The number of para-hydroxylation sites is 2. The Bertz CT molecular complexity index is 781. The fourth-order valence-electron chi connectivity index (χ4n) is 2.44. The fraction of sp³-hybridized carbons (Fsp3) is 0.118. The van der Waals surface area contributed by atoms with E-state index in [1.165, 1.54) is 0 Å². The second-order valence-electron chi connectivity index (χ2n) is 5.16. The van der Waals surface area contributed by atoms with Gasteiger partial charge in [-0.15, -0.1) is 0 Å². The van der Waals surface area contributed by atoms with Gasteiger partial charge in [0.25, 0.3) is 0 Å². The van der Waals surface area contributed by atoms with Gasteiger partial charge in [-0.05, 0) is 30.3 Å². The van der Waals surface area contributed by atoms with Crippen LogP contribution in [0.5, 0.6) is 0 Å². The molecule has 0 bridgehead atoms. The van der Waals surface area contributed by atoms with E-state index < -0.39 is 0 Å². The number of anilines is 4. The minimum absolute atomic E-state index is 0.740. The Morgan fingerprint density at radius 2 is 1.76 bits per heavy atom. The number of nitrogens with two attached hydrogens (primary N) is 1. The molecule has 0 spiro atoms. The molecular formula is C17H18N4. The molecule has 0 saturated carbocycles. The van der Waals surface area contributed by atoms with Crippen LogP contribution in [-0.2, 0) is 0 Å². The molecule has 2 aromatic carbocycles. The quantitative estimate of drug-likeness (QED) is 0.718. The number of pyridine rings is 1. The van der Waals surface area contributed by atoms with E-state index >= 15 is 0 Å². The smallest absolute Gasteiger partial charge is 0.0622 e. The topological polar surface area (TPSA) is 54.2 Å². The molecular weight excluding hydrogens is 260 g/mol. The molecule has 4 heteroatoms. The summed E-state index contributed by atoms with van der Waals surface area (Å²) in [6, 6.07) is 14.1. The van der Waals surface area contributed by atoms with E-state index in [1.807, 2.05) is 44.4 Å². The van der Waals surface area contributed by atoms with Crippen LogP contribution in [0.2, 0.25) is 0 Å². The first-order valence-corrected chi connectivity index (χ1v) is 6.82. The van der Waals surface area contributed by atoms with Crippen molar-refractivity contribution in [2.45, 2.75) is 0 Å². The Hall–Kier alpha value is -2.75. The van der Waals surface area contributed by atoms with Crippen molar-refractivity contribution in [1.82, 2.24) is 4.98 Å². The number of fused-ring (bicyclic) bond motifs is 1. The Labute approximate surface area is 124 Å². The summed E-state index contributed by atoms with van der Waals surface area (Å²) in [7, 11) is 4.07. The van der Waals surface area contributed by atoms with E-state index in [0.717, 1.165) is 33.5 Å². The van der Waals surface area contributed by atoms with Gasteiger partial charge >= 0.3 is 0 Å². The predicted molar refractivity (Wildman–Crippen MR) is 90.2 cm³/mol. The number of hydrogen-bond acceptors (Lipinski definition) is 4. The first-order chi connectivity index (χ1) is 10.2. The third-order valence-electron chi connectivity index (χ3n) is 3.51. The summed E-state index contributed by atoms with van der Waals surface area (Å²) < 4.78 is 0. The van der Waals surface area contributed by atoms with E-state index in [-0.39, 0.29) is 0 Å². The summed E-state index contributed by atoms with van der Waals surface area (Å²) in [4.78, 5) is 6.24. The highest BCUT2D eigenvalue weighted by molar-refractivity contribution is 6.02. The lowest BCUT2D eigenvalue weighted by molar-refractivity contribution is 1.13. The normalized spacial score (nSPS) is 10.6. The van der Waals surface area contributed by atoms with Crippen LogP contribution in [0.15, 0.2) is 54.9 Å². The summed E-state index contributed by atoms with van der Waals surface area (Å²) in [5.41, 5.74) is 9.98. The average Bonchev–Trinajstić information content (AvgIpc) is 2.51. The van der Waals surface area contributed by atoms with Crippen LogP contribution in [0, 0.1) is 0 Å². The van der Waals surface area contributed by atoms with Gasteiger partial charge in [0.15, 0.2) is 0 Å². The maximum absolute atomic E-state index is 6.02. The van der Waals surface area contributed by atoms with Gasteiger partial charge in [0.1, 0.15) is 0 Å². The molecule has 0 saturated heterocycles. The highest BCUT2D eigenvalue weighted by Gasteiger charge is 2.07. The van der Waals surface area contributed by atoms with Gasteiger partial charge in [-0.1, -0.05) is 12.1 Å². The van der Waals surface area contributed by atoms with Crippen molar-refractivity contribution in [2.24, 2.45) is 0 Å². The van der Waals surface area contributed by atoms with Crippen LogP contribution >= 0.6 is 0 Å². The highest BCUT2D eigenvalue weighted by atomic mass is 15.1. The summed E-state index contributed by atoms with van der Waals surface area (Å²) in [5.74, 6) is 0. The summed E-state index contributed by atoms with van der Waals surface area (Å²) in [6.07, 6.45) is 3.58. The molecule has 4 nitrogen and oxygen atoms in total. The van der Waals surface area contributed by atoms with Gasteiger partial charge in [-0.2, -0.15) is 0 Å². The summed E-state index contributed by atoms with van der Waals surface area (Å²) in [5, 5.41) is 5.53.